The Morgan fingerprint density at radius 3 is 2.80 bits per heavy atom. The van der Waals surface area contributed by atoms with Crippen molar-refractivity contribution < 1.29 is 13.2 Å². The van der Waals surface area contributed by atoms with E-state index in [1.54, 1.807) is 24.3 Å². The molecule has 1 amide bonds. The molecule has 0 aromatic heterocycles. The average molecular weight is 362 g/mol. The molecule has 1 N–H and O–H groups in total. The molecule has 2 bridgehead atoms. The van der Waals surface area contributed by atoms with Gasteiger partial charge in [-0.25, -0.2) is 8.42 Å². The fourth-order valence-corrected chi connectivity index (χ4v) is 6.49. The highest BCUT2D eigenvalue weighted by molar-refractivity contribution is 7.93. The Balaban J connectivity index is 1.35. The molecular formula is C19H26N2O3S. The lowest BCUT2D eigenvalue weighted by Gasteiger charge is -2.21. The zero-order valence-corrected chi connectivity index (χ0v) is 15.3. The molecule has 1 aliphatic heterocycles. The maximum Gasteiger partial charge on any atom is 0.251 e. The minimum atomic E-state index is -3.21. The van der Waals surface area contributed by atoms with Gasteiger partial charge >= 0.3 is 0 Å². The van der Waals surface area contributed by atoms with E-state index in [1.165, 1.54) is 30.0 Å². The lowest BCUT2D eigenvalue weighted by Crippen LogP contribution is -2.28. The second-order valence-corrected chi connectivity index (χ2v) is 9.78. The van der Waals surface area contributed by atoms with Crippen molar-refractivity contribution in [3.8, 4) is 0 Å². The topological polar surface area (TPSA) is 66.5 Å². The highest BCUT2D eigenvalue weighted by Crippen LogP contribution is 2.49. The third kappa shape index (κ3) is 3.41. The summed E-state index contributed by atoms with van der Waals surface area (Å²) in [5.74, 6) is 2.67. The summed E-state index contributed by atoms with van der Waals surface area (Å²) >= 11 is 0. The molecule has 0 unspecified atom stereocenters. The third-order valence-corrected chi connectivity index (χ3v) is 8.05. The van der Waals surface area contributed by atoms with Crippen LogP contribution in [-0.4, -0.2) is 33.2 Å². The van der Waals surface area contributed by atoms with Crippen LogP contribution >= 0.6 is 0 Å². The SMILES string of the molecule is O=C(NCC[C@H]1C[C@H]2CC[C@H]1C2)c1cccc(N2CCCS2(=O)=O)c1. The number of nitrogens with one attached hydrogen (secondary N) is 1. The fourth-order valence-electron chi connectivity index (χ4n) is 4.93. The van der Waals surface area contributed by atoms with E-state index in [4.69, 9.17) is 0 Å². The summed E-state index contributed by atoms with van der Waals surface area (Å²) in [5, 5.41) is 3.02. The summed E-state index contributed by atoms with van der Waals surface area (Å²) in [6, 6.07) is 6.96. The van der Waals surface area contributed by atoms with Crippen LogP contribution in [0.4, 0.5) is 5.69 Å². The van der Waals surface area contributed by atoms with E-state index in [0.29, 0.717) is 30.8 Å². The Morgan fingerprint density at radius 1 is 1.24 bits per heavy atom. The van der Waals surface area contributed by atoms with E-state index < -0.39 is 10.0 Å². The quantitative estimate of drug-likeness (QED) is 0.876. The van der Waals surface area contributed by atoms with Crippen molar-refractivity contribution in [2.24, 2.45) is 17.8 Å². The molecule has 3 atom stereocenters. The number of carbonyl (C=O) groups is 1. The maximum absolute atomic E-state index is 12.4. The van der Waals surface area contributed by atoms with Gasteiger partial charge in [0, 0.05) is 18.7 Å². The number of sulfonamides is 1. The Kier molecular flexibility index (Phi) is 4.48. The number of hydrogen-bond donors (Lipinski definition) is 1. The van der Waals surface area contributed by atoms with E-state index in [1.807, 2.05) is 0 Å². The molecule has 2 aliphatic carbocycles. The Hall–Kier alpha value is -1.56. The van der Waals surface area contributed by atoms with Crippen molar-refractivity contribution in [2.75, 3.05) is 23.1 Å². The largest absolute Gasteiger partial charge is 0.352 e. The Labute approximate surface area is 149 Å². The van der Waals surface area contributed by atoms with Gasteiger partial charge in [-0.1, -0.05) is 12.5 Å². The number of amides is 1. The Morgan fingerprint density at radius 2 is 2.12 bits per heavy atom. The van der Waals surface area contributed by atoms with E-state index in [-0.39, 0.29) is 11.7 Å². The molecule has 4 rings (SSSR count). The first-order chi connectivity index (χ1) is 12.0. The number of rotatable bonds is 5. The first-order valence-electron chi connectivity index (χ1n) is 9.41. The number of nitrogens with zero attached hydrogens (tertiary/aromatic N) is 1. The molecule has 3 aliphatic rings. The molecule has 0 spiro atoms. The van der Waals surface area contributed by atoms with Gasteiger partial charge in [0.25, 0.3) is 5.91 Å². The molecule has 3 fully saturated rings. The number of anilines is 1. The summed E-state index contributed by atoms with van der Waals surface area (Å²) < 4.78 is 25.5. The number of benzene rings is 1. The van der Waals surface area contributed by atoms with Gasteiger partial charge in [-0.2, -0.15) is 0 Å². The number of hydrogen-bond acceptors (Lipinski definition) is 3. The zero-order chi connectivity index (χ0) is 17.4. The molecule has 2 saturated carbocycles. The fraction of sp³-hybridized carbons (Fsp3) is 0.632. The predicted octanol–water partition coefficient (Wildman–Crippen LogP) is 2.78. The number of carbonyl (C=O) groups excluding carboxylic acids is 1. The molecule has 1 aromatic carbocycles. The van der Waals surface area contributed by atoms with E-state index in [2.05, 4.69) is 5.32 Å². The molecule has 136 valence electrons. The minimum Gasteiger partial charge on any atom is -0.352 e. The summed E-state index contributed by atoms with van der Waals surface area (Å²) in [6.07, 6.45) is 7.21. The van der Waals surface area contributed by atoms with Gasteiger partial charge < -0.3 is 5.32 Å². The standard InChI is InChI=1S/C19H26N2O3S/c22-19(20-8-7-16-12-14-5-6-15(16)11-14)17-3-1-4-18(13-17)21-9-2-10-25(21,23)24/h1,3-4,13-16H,2,5-12H2,(H,20,22)/t14-,15-,16-/m0/s1. The van der Waals surface area contributed by atoms with Crippen LogP contribution in [0.1, 0.15) is 48.9 Å². The van der Waals surface area contributed by atoms with E-state index in [9.17, 15) is 13.2 Å². The van der Waals surface area contributed by atoms with Crippen LogP contribution in [-0.2, 0) is 10.0 Å². The van der Waals surface area contributed by atoms with Crippen LogP contribution in [0, 0.1) is 17.8 Å². The second-order valence-electron chi connectivity index (χ2n) is 7.77. The highest BCUT2D eigenvalue weighted by atomic mass is 32.2. The minimum absolute atomic E-state index is 0.110. The van der Waals surface area contributed by atoms with Crippen LogP contribution in [0.15, 0.2) is 24.3 Å². The van der Waals surface area contributed by atoms with Crippen molar-refractivity contribution in [3.63, 3.8) is 0 Å². The van der Waals surface area contributed by atoms with Gasteiger partial charge in [-0.05, 0) is 68.1 Å². The summed E-state index contributed by atoms with van der Waals surface area (Å²) in [6.45, 7) is 1.20. The Bertz CT molecular complexity index is 762. The van der Waals surface area contributed by atoms with Crippen LogP contribution < -0.4 is 9.62 Å². The van der Waals surface area contributed by atoms with Crippen molar-refractivity contribution in [1.82, 2.24) is 5.32 Å². The number of fused-ring (bicyclic) bond motifs is 2. The van der Waals surface area contributed by atoms with Gasteiger partial charge in [-0.3, -0.25) is 9.10 Å². The summed E-state index contributed by atoms with van der Waals surface area (Å²) in [7, 11) is -3.21. The average Bonchev–Trinajstić information content (AvgIpc) is 3.30. The van der Waals surface area contributed by atoms with Crippen molar-refractivity contribution in [3.05, 3.63) is 29.8 Å². The van der Waals surface area contributed by atoms with Gasteiger partial charge in [0.15, 0.2) is 0 Å². The predicted molar refractivity (Wildman–Crippen MR) is 98.1 cm³/mol. The van der Waals surface area contributed by atoms with Gasteiger partial charge in [0.2, 0.25) is 10.0 Å². The lowest BCUT2D eigenvalue weighted by molar-refractivity contribution is 0.0949. The molecule has 1 heterocycles. The van der Waals surface area contributed by atoms with E-state index in [0.717, 1.165) is 24.2 Å². The second kappa shape index (κ2) is 6.63. The summed E-state index contributed by atoms with van der Waals surface area (Å²) in [5.41, 5.74) is 1.13. The molecule has 5 nitrogen and oxygen atoms in total. The van der Waals surface area contributed by atoms with Crippen molar-refractivity contribution in [2.45, 2.75) is 38.5 Å². The first-order valence-corrected chi connectivity index (χ1v) is 11.0. The van der Waals surface area contributed by atoms with Crippen LogP contribution in [0.2, 0.25) is 0 Å². The van der Waals surface area contributed by atoms with Crippen LogP contribution in [0.25, 0.3) is 0 Å². The monoisotopic (exact) mass is 362 g/mol. The molecule has 6 heteroatoms. The smallest absolute Gasteiger partial charge is 0.251 e. The summed E-state index contributed by atoms with van der Waals surface area (Å²) in [4.78, 5) is 12.4. The molecule has 1 saturated heterocycles. The van der Waals surface area contributed by atoms with Crippen LogP contribution in [0.3, 0.4) is 0 Å². The van der Waals surface area contributed by atoms with Gasteiger partial charge in [0.1, 0.15) is 0 Å². The van der Waals surface area contributed by atoms with Crippen molar-refractivity contribution in [1.29, 1.82) is 0 Å². The lowest BCUT2D eigenvalue weighted by atomic mass is 9.86. The maximum atomic E-state index is 12.4. The molecule has 25 heavy (non-hydrogen) atoms. The zero-order valence-electron chi connectivity index (χ0n) is 14.5. The highest BCUT2D eigenvalue weighted by Gasteiger charge is 2.38. The molecular weight excluding hydrogens is 336 g/mol. The van der Waals surface area contributed by atoms with Gasteiger partial charge in [0.05, 0.1) is 11.4 Å². The molecule has 1 aromatic rings. The van der Waals surface area contributed by atoms with Crippen LogP contribution in [0.5, 0.6) is 0 Å². The van der Waals surface area contributed by atoms with Crippen molar-refractivity contribution >= 4 is 21.6 Å². The first kappa shape index (κ1) is 16.9. The normalized spacial score (nSPS) is 29.9. The van der Waals surface area contributed by atoms with E-state index >= 15 is 0 Å². The third-order valence-electron chi connectivity index (χ3n) is 6.18. The van der Waals surface area contributed by atoms with Gasteiger partial charge in [-0.15, -0.1) is 0 Å². The molecule has 0 radical (unpaired) electrons.